The molecule has 2 heterocycles. The molecule has 112 valence electrons. The highest BCUT2D eigenvalue weighted by Crippen LogP contribution is 2.37. The maximum absolute atomic E-state index is 13.2. The molecule has 5 heteroatoms. The smallest absolute Gasteiger partial charge is 0.139 e. The highest BCUT2D eigenvalue weighted by atomic mass is 32.1. The number of rotatable bonds is 3. The lowest BCUT2D eigenvalue weighted by Gasteiger charge is -2.14. The molecule has 1 aliphatic rings. The van der Waals surface area contributed by atoms with E-state index in [1.54, 1.807) is 17.7 Å². The fourth-order valence-corrected chi connectivity index (χ4v) is 4.01. The normalized spacial score (nSPS) is 15.5. The van der Waals surface area contributed by atoms with Crippen LogP contribution >= 0.6 is 11.3 Å². The number of benzene rings is 1. The molecule has 1 aliphatic carbocycles. The van der Waals surface area contributed by atoms with E-state index in [2.05, 4.69) is 20.7 Å². The minimum absolute atomic E-state index is 0.219. The first-order chi connectivity index (χ1) is 10.8. The van der Waals surface area contributed by atoms with E-state index in [0.717, 1.165) is 27.2 Å². The molecular formula is C17H16FN3S. The van der Waals surface area contributed by atoms with Crippen molar-refractivity contribution in [2.24, 2.45) is 0 Å². The summed E-state index contributed by atoms with van der Waals surface area (Å²) in [6.45, 7) is 0. The Labute approximate surface area is 132 Å². The molecule has 3 aromatic rings. The Bertz CT molecular complexity index is 791. The second-order valence-corrected chi connectivity index (χ2v) is 6.54. The van der Waals surface area contributed by atoms with Gasteiger partial charge in [-0.15, -0.1) is 11.3 Å². The van der Waals surface area contributed by atoms with Crippen molar-refractivity contribution in [2.45, 2.75) is 31.7 Å². The second kappa shape index (κ2) is 5.65. The Morgan fingerprint density at radius 3 is 2.64 bits per heavy atom. The van der Waals surface area contributed by atoms with Crippen LogP contribution < -0.4 is 5.32 Å². The number of thiophene rings is 1. The Morgan fingerprint density at radius 2 is 1.86 bits per heavy atom. The fourth-order valence-electron chi connectivity index (χ4n) is 3.09. The molecule has 4 rings (SSSR count). The average molecular weight is 313 g/mol. The van der Waals surface area contributed by atoms with Gasteiger partial charge in [-0.3, -0.25) is 0 Å². The summed E-state index contributed by atoms with van der Waals surface area (Å²) in [5.41, 5.74) is 2.07. The molecule has 1 aromatic carbocycles. The molecule has 0 atom stereocenters. The lowest BCUT2D eigenvalue weighted by Crippen LogP contribution is -2.15. The summed E-state index contributed by atoms with van der Waals surface area (Å²) in [6, 6.07) is 7.10. The molecular weight excluding hydrogens is 297 g/mol. The first-order valence-electron chi connectivity index (χ1n) is 7.56. The van der Waals surface area contributed by atoms with Crippen LogP contribution in [0.1, 0.15) is 25.7 Å². The van der Waals surface area contributed by atoms with Crippen molar-refractivity contribution in [1.29, 1.82) is 0 Å². The van der Waals surface area contributed by atoms with Crippen molar-refractivity contribution >= 4 is 27.4 Å². The number of hydrogen-bond acceptors (Lipinski definition) is 4. The van der Waals surface area contributed by atoms with Crippen molar-refractivity contribution in [3.63, 3.8) is 0 Å². The van der Waals surface area contributed by atoms with Gasteiger partial charge in [0.2, 0.25) is 0 Å². The van der Waals surface area contributed by atoms with Gasteiger partial charge in [0.1, 0.15) is 22.8 Å². The molecule has 0 spiro atoms. The van der Waals surface area contributed by atoms with E-state index in [9.17, 15) is 4.39 Å². The topological polar surface area (TPSA) is 37.8 Å². The van der Waals surface area contributed by atoms with Crippen LogP contribution in [-0.4, -0.2) is 16.0 Å². The lowest BCUT2D eigenvalue weighted by atomic mass is 10.1. The molecule has 0 unspecified atom stereocenters. The second-order valence-electron chi connectivity index (χ2n) is 5.68. The average Bonchev–Trinajstić information content (AvgIpc) is 3.18. The quantitative estimate of drug-likeness (QED) is 0.751. The molecule has 0 radical (unpaired) electrons. The van der Waals surface area contributed by atoms with Crippen LogP contribution in [0.5, 0.6) is 0 Å². The Hall–Kier alpha value is -2.01. The highest BCUT2D eigenvalue weighted by Gasteiger charge is 2.18. The van der Waals surface area contributed by atoms with E-state index in [0.29, 0.717) is 6.04 Å². The number of hydrogen-bond donors (Lipinski definition) is 1. The fraction of sp³-hybridized carbons (Fsp3) is 0.294. The molecule has 0 bridgehead atoms. The standard InChI is InChI=1S/C17H16FN3S/c18-12-7-5-11(6-8-12)14-9-22-17-15(14)16(19-10-20-17)21-13-3-1-2-4-13/h5-10,13H,1-4H2,(H,19,20,21). The summed E-state index contributed by atoms with van der Waals surface area (Å²) in [6.07, 6.45) is 6.56. The minimum atomic E-state index is -0.219. The number of nitrogens with zero attached hydrogens (tertiary/aromatic N) is 2. The van der Waals surface area contributed by atoms with Crippen molar-refractivity contribution < 1.29 is 4.39 Å². The molecule has 3 nitrogen and oxygen atoms in total. The largest absolute Gasteiger partial charge is 0.367 e. The molecule has 22 heavy (non-hydrogen) atoms. The maximum Gasteiger partial charge on any atom is 0.139 e. The van der Waals surface area contributed by atoms with Crippen LogP contribution in [0.15, 0.2) is 36.0 Å². The Morgan fingerprint density at radius 1 is 1.09 bits per heavy atom. The van der Waals surface area contributed by atoms with Gasteiger partial charge in [0, 0.05) is 17.0 Å². The lowest BCUT2D eigenvalue weighted by molar-refractivity contribution is 0.628. The third-order valence-electron chi connectivity index (χ3n) is 4.22. The zero-order valence-corrected chi connectivity index (χ0v) is 12.9. The SMILES string of the molecule is Fc1ccc(-c2csc3ncnc(NC4CCCC4)c23)cc1. The summed E-state index contributed by atoms with van der Waals surface area (Å²) in [7, 11) is 0. The molecule has 1 fully saturated rings. The van der Waals surface area contributed by atoms with Gasteiger partial charge in [0.25, 0.3) is 0 Å². The van der Waals surface area contributed by atoms with E-state index in [1.807, 2.05) is 12.1 Å². The summed E-state index contributed by atoms with van der Waals surface area (Å²) in [5, 5.41) is 6.70. The van der Waals surface area contributed by atoms with E-state index >= 15 is 0 Å². The molecule has 1 saturated carbocycles. The number of halogens is 1. The Balaban J connectivity index is 1.80. The third-order valence-corrected chi connectivity index (χ3v) is 5.11. The Kier molecular flexibility index (Phi) is 3.50. The van der Waals surface area contributed by atoms with Crippen LogP contribution in [-0.2, 0) is 0 Å². The van der Waals surface area contributed by atoms with Gasteiger partial charge in [0.05, 0.1) is 5.39 Å². The summed E-state index contributed by atoms with van der Waals surface area (Å²) < 4.78 is 13.2. The first kappa shape index (κ1) is 13.6. The van der Waals surface area contributed by atoms with Crippen LogP contribution in [0.25, 0.3) is 21.3 Å². The van der Waals surface area contributed by atoms with Gasteiger partial charge >= 0.3 is 0 Å². The van der Waals surface area contributed by atoms with E-state index in [-0.39, 0.29) is 5.82 Å². The van der Waals surface area contributed by atoms with Gasteiger partial charge in [0.15, 0.2) is 0 Å². The molecule has 1 N–H and O–H groups in total. The van der Waals surface area contributed by atoms with Crippen molar-refractivity contribution in [3.05, 3.63) is 41.8 Å². The molecule has 0 amide bonds. The van der Waals surface area contributed by atoms with Crippen LogP contribution in [0.3, 0.4) is 0 Å². The third kappa shape index (κ3) is 2.46. The number of anilines is 1. The zero-order chi connectivity index (χ0) is 14.9. The highest BCUT2D eigenvalue weighted by molar-refractivity contribution is 7.17. The van der Waals surface area contributed by atoms with Gasteiger partial charge in [-0.25, -0.2) is 14.4 Å². The van der Waals surface area contributed by atoms with Gasteiger partial charge in [-0.1, -0.05) is 25.0 Å². The monoisotopic (exact) mass is 313 g/mol. The van der Waals surface area contributed by atoms with Gasteiger partial charge in [-0.2, -0.15) is 0 Å². The molecule has 2 aromatic heterocycles. The summed E-state index contributed by atoms with van der Waals surface area (Å²) in [5.74, 6) is 0.682. The first-order valence-corrected chi connectivity index (χ1v) is 8.44. The predicted molar refractivity (Wildman–Crippen MR) is 88.7 cm³/mol. The van der Waals surface area contributed by atoms with Crippen molar-refractivity contribution in [1.82, 2.24) is 9.97 Å². The molecule has 0 saturated heterocycles. The summed E-state index contributed by atoms with van der Waals surface area (Å²) >= 11 is 1.60. The van der Waals surface area contributed by atoms with Gasteiger partial charge < -0.3 is 5.32 Å². The van der Waals surface area contributed by atoms with E-state index in [4.69, 9.17) is 0 Å². The van der Waals surface area contributed by atoms with Crippen LogP contribution in [0, 0.1) is 5.82 Å². The van der Waals surface area contributed by atoms with Crippen LogP contribution in [0.4, 0.5) is 10.2 Å². The van der Waals surface area contributed by atoms with Gasteiger partial charge in [-0.05, 0) is 30.5 Å². The zero-order valence-electron chi connectivity index (χ0n) is 12.1. The number of fused-ring (bicyclic) bond motifs is 1. The summed E-state index contributed by atoms with van der Waals surface area (Å²) in [4.78, 5) is 9.80. The van der Waals surface area contributed by atoms with E-state index < -0.39 is 0 Å². The predicted octanol–water partition coefficient (Wildman–Crippen LogP) is 4.85. The van der Waals surface area contributed by atoms with E-state index in [1.165, 1.54) is 37.8 Å². The van der Waals surface area contributed by atoms with Crippen molar-refractivity contribution in [3.8, 4) is 11.1 Å². The number of nitrogens with one attached hydrogen (secondary N) is 1. The number of aromatic nitrogens is 2. The van der Waals surface area contributed by atoms with Crippen LogP contribution in [0.2, 0.25) is 0 Å². The van der Waals surface area contributed by atoms with Crippen molar-refractivity contribution in [2.75, 3.05) is 5.32 Å². The molecule has 0 aliphatic heterocycles. The maximum atomic E-state index is 13.2. The minimum Gasteiger partial charge on any atom is -0.367 e.